The lowest BCUT2D eigenvalue weighted by Gasteiger charge is -2.33. The van der Waals surface area contributed by atoms with E-state index in [2.05, 4.69) is 46.1 Å². The van der Waals surface area contributed by atoms with E-state index in [9.17, 15) is 10.1 Å². The molecule has 36 heavy (non-hydrogen) atoms. The highest BCUT2D eigenvalue weighted by molar-refractivity contribution is 5.97. The number of aromatic amines is 1. The number of aryl methyl sites for hydroxylation is 2. The molecule has 8 heteroatoms. The van der Waals surface area contributed by atoms with E-state index in [1.807, 2.05) is 35.2 Å². The number of hydrogen-bond donors (Lipinski definition) is 1. The second-order valence-electron chi connectivity index (χ2n) is 9.54. The normalized spacial score (nSPS) is 16.7. The van der Waals surface area contributed by atoms with E-state index in [-0.39, 0.29) is 5.91 Å². The minimum absolute atomic E-state index is 0.0630. The number of nitrogens with one attached hydrogen (secondary N) is 1. The monoisotopic (exact) mass is 484 g/mol. The maximum atomic E-state index is 13.7. The van der Waals surface area contributed by atoms with E-state index in [0.717, 1.165) is 71.7 Å². The number of carbonyl (C=O) groups excluding carboxylic acids is 1. The number of amides is 1. The summed E-state index contributed by atoms with van der Waals surface area (Å²) in [6, 6.07) is 14.2. The van der Waals surface area contributed by atoms with Crippen LogP contribution in [0.5, 0.6) is 0 Å². The molecular formula is C28H32N6O2. The van der Waals surface area contributed by atoms with Gasteiger partial charge in [-0.25, -0.2) is 0 Å². The molecule has 2 fully saturated rings. The van der Waals surface area contributed by atoms with Gasteiger partial charge < -0.3 is 19.5 Å². The average Bonchev–Trinajstić information content (AvgIpc) is 3.43. The summed E-state index contributed by atoms with van der Waals surface area (Å²) in [6.07, 6.45) is 2.49. The average molecular weight is 485 g/mol. The van der Waals surface area contributed by atoms with Gasteiger partial charge in [0.2, 0.25) is 5.95 Å². The number of piperidine rings is 1. The Bertz CT molecular complexity index is 1280. The predicted molar refractivity (Wildman–Crippen MR) is 138 cm³/mol. The van der Waals surface area contributed by atoms with Gasteiger partial charge in [-0.15, -0.1) is 10.2 Å². The number of aromatic nitrogens is 3. The Morgan fingerprint density at radius 3 is 2.61 bits per heavy atom. The lowest BCUT2D eigenvalue weighted by atomic mass is 9.86. The van der Waals surface area contributed by atoms with Crippen LogP contribution in [0.15, 0.2) is 36.4 Å². The third kappa shape index (κ3) is 4.71. The molecule has 3 heterocycles. The molecule has 8 nitrogen and oxygen atoms in total. The van der Waals surface area contributed by atoms with Crippen LogP contribution in [0.25, 0.3) is 11.4 Å². The van der Waals surface area contributed by atoms with E-state index < -0.39 is 0 Å². The molecule has 0 aliphatic carbocycles. The Kier molecular flexibility index (Phi) is 7.01. The summed E-state index contributed by atoms with van der Waals surface area (Å²) in [5.41, 5.74) is 5.59. The van der Waals surface area contributed by atoms with Crippen molar-refractivity contribution < 1.29 is 9.53 Å². The maximum absolute atomic E-state index is 13.7. The Morgan fingerprint density at radius 1 is 1.14 bits per heavy atom. The number of likely N-dealkylation sites (tertiary alicyclic amines) is 1. The Hall–Kier alpha value is -3.70. The first kappa shape index (κ1) is 24.0. The van der Waals surface area contributed by atoms with Gasteiger partial charge >= 0.3 is 0 Å². The van der Waals surface area contributed by atoms with E-state index in [1.165, 1.54) is 0 Å². The van der Waals surface area contributed by atoms with Crippen LogP contribution in [0.1, 0.15) is 58.3 Å². The second kappa shape index (κ2) is 10.5. The van der Waals surface area contributed by atoms with Crippen LogP contribution in [-0.2, 0) is 11.2 Å². The quantitative estimate of drug-likeness (QED) is 0.586. The van der Waals surface area contributed by atoms with E-state index in [1.54, 1.807) is 0 Å². The van der Waals surface area contributed by atoms with Crippen molar-refractivity contribution in [2.24, 2.45) is 0 Å². The summed E-state index contributed by atoms with van der Waals surface area (Å²) >= 11 is 0. The summed E-state index contributed by atoms with van der Waals surface area (Å²) in [5, 5.41) is 18.3. The highest BCUT2D eigenvalue weighted by atomic mass is 16.5. The van der Waals surface area contributed by atoms with Crippen molar-refractivity contribution in [3.63, 3.8) is 0 Å². The molecule has 1 N–H and O–H groups in total. The summed E-state index contributed by atoms with van der Waals surface area (Å²) in [4.78, 5) is 21.1. The van der Waals surface area contributed by atoms with Crippen molar-refractivity contribution in [2.75, 3.05) is 44.3 Å². The van der Waals surface area contributed by atoms with Crippen LogP contribution in [0.2, 0.25) is 0 Å². The fourth-order valence-corrected chi connectivity index (χ4v) is 5.33. The van der Waals surface area contributed by atoms with Crippen LogP contribution < -0.4 is 4.90 Å². The van der Waals surface area contributed by atoms with Crippen molar-refractivity contribution in [1.82, 2.24) is 20.1 Å². The topological polar surface area (TPSA) is 98.1 Å². The van der Waals surface area contributed by atoms with Gasteiger partial charge in [0.15, 0.2) is 5.82 Å². The Morgan fingerprint density at radius 2 is 1.89 bits per heavy atom. The summed E-state index contributed by atoms with van der Waals surface area (Å²) < 4.78 is 5.44. The van der Waals surface area contributed by atoms with Gasteiger partial charge in [0.1, 0.15) is 0 Å². The second-order valence-corrected chi connectivity index (χ2v) is 9.54. The third-order valence-electron chi connectivity index (χ3n) is 7.41. The smallest absolute Gasteiger partial charge is 0.254 e. The minimum atomic E-state index is 0.0630. The van der Waals surface area contributed by atoms with Gasteiger partial charge in [-0.05, 0) is 60.9 Å². The number of H-pyrrole nitrogens is 1. The number of benzene rings is 2. The van der Waals surface area contributed by atoms with Gasteiger partial charge in [-0.2, -0.15) is 5.26 Å². The molecule has 5 rings (SSSR count). The van der Waals surface area contributed by atoms with Gasteiger partial charge in [0.05, 0.1) is 24.8 Å². The lowest BCUT2D eigenvalue weighted by Crippen LogP contribution is -2.38. The van der Waals surface area contributed by atoms with Crippen LogP contribution in [0, 0.1) is 18.3 Å². The molecule has 2 aliphatic heterocycles. The van der Waals surface area contributed by atoms with E-state index in [4.69, 9.17) is 4.74 Å². The number of carbonyl (C=O) groups is 1. The molecule has 1 amide bonds. The summed E-state index contributed by atoms with van der Waals surface area (Å²) in [7, 11) is 0. The first-order valence-corrected chi connectivity index (χ1v) is 12.8. The minimum Gasteiger partial charge on any atom is -0.378 e. The molecule has 0 saturated carbocycles. The third-order valence-corrected chi connectivity index (χ3v) is 7.41. The molecule has 0 bridgehead atoms. The van der Waals surface area contributed by atoms with Crippen molar-refractivity contribution >= 4 is 11.9 Å². The zero-order valence-electron chi connectivity index (χ0n) is 21.0. The standard InChI is InChI=1S/C28H32N6O2/c1-3-20-16-19(2)24(26-30-28(32-31-26)34-12-14-36-15-13-34)17-25(20)27(35)33-10-8-21(9-11-33)23-7-5-4-6-22(23)18-29/h4-7,16-17,21H,3,8-15H2,1-2H3,(H,30,31,32). The number of morpholine rings is 1. The SMILES string of the molecule is CCc1cc(C)c(-c2nnc(N3CCOCC3)[nH]2)cc1C(=O)N1CCC(c2ccccc2C#N)CC1. The Balaban J connectivity index is 1.36. The van der Waals surface area contributed by atoms with Crippen LogP contribution in [0.3, 0.4) is 0 Å². The number of ether oxygens (including phenoxy) is 1. The fourth-order valence-electron chi connectivity index (χ4n) is 5.33. The molecular weight excluding hydrogens is 452 g/mol. The highest BCUT2D eigenvalue weighted by Crippen LogP contribution is 2.32. The van der Waals surface area contributed by atoms with Gasteiger partial charge in [-0.3, -0.25) is 4.79 Å². The van der Waals surface area contributed by atoms with Crippen molar-refractivity contribution in [1.29, 1.82) is 5.26 Å². The molecule has 0 radical (unpaired) electrons. The van der Waals surface area contributed by atoms with Gasteiger partial charge in [-0.1, -0.05) is 31.2 Å². The number of anilines is 1. The predicted octanol–water partition coefficient (Wildman–Crippen LogP) is 4.07. The molecule has 0 spiro atoms. The van der Waals surface area contributed by atoms with Crippen LogP contribution in [-0.4, -0.2) is 65.4 Å². The molecule has 3 aromatic rings. The number of rotatable bonds is 5. The van der Waals surface area contributed by atoms with Crippen molar-refractivity contribution in [3.05, 3.63) is 64.2 Å². The Labute approximate surface area is 211 Å². The number of hydrogen-bond acceptors (Lipinski definition) is 6. The first-order valence-electron chi connectivity index (χ1n) is 12.8. The van der Waals surface area contributed by atoms with E-state index >= 15 is 0 Å². The molecule has 1 aromatic heterocycles. The molecule has 2 saturated heterocycles. The number of nitriles is 1. The highest BCUT2D eigenvalue weighted by Gasteiger charge is 2.28. The zero-order chi connectivity index (χ0) is 25.1. The summed E-state index contributed by atoms with van der Waals surface area (Å²) in [5.74, 6) is 1.78. The maximum Gasteiger partial charge on any atom is 0.254 e. The lowest BCUT2D eigenvalue weighted by molar-refractivity contribution is 0.0712. The zero-order valence-corrected chi connectivity index (χ0v) is 21.0. The number of nitrogens with zero attached hydrogens (tertiary/aromatic N) is 5. The first-order chi connectivity index (χ1) is 17.6. The fraction of sp³-hybridized carbons (Fsp3) is 0.429. The largest absolute Gasteiger partial charge is 0.378 e. The van der Waals surface area contributed by atoms with Gasteiger partial charge in [0.25, 0.3) is 5.91 Å². The van der Waals surface area contributed by atoms with Crippen LogP contribution in [0.4, 0.5) is 5.95 Å². The van der Waals surface area contributed by atoms with Gasteiger partial charge in [0, 0.05) is 37.3 Å². The van der Waals surface area contributed by atoms with Crippen molar-refractivity contribution in [2.45, 2.75) is 39.0 Å². The molecule has 186 valence electrons. The molecule has 2 aromatic carbocycles. The summed E-state index contributed by atoms with van der Waals surface area (Å²) in [6.45, 7) is 8.41. The van der Waals surface area contributed by atoms with Crippen LogP contribution >= 0.6 is 0 Å². The molecule has 0 atom stereocenters. The molecule has 2 aliphatic rings. The molecule has 0 unspecified atom stereocenters. The van der Waals surface area contributed by atoms with E-state index in [0.29, 0.717) is 38.0 Å². The van der Waals surface area contributed by atoms with Crippen molar-refractivity contribution in [3.8, 4) is 17.5 Å².